The monoisotopic (exact) mass is 539 g/mol. The smallest absolute Gasteiger partial charge is 0.191 e. The van der Waals surface area contributed by atoms with Crippen LogP contribution in [0.1, 0.15) is 22.3 Å². The largest absolute Gasteiger partial charge is 0.352 e. The molecule has 2 aromatic carbocycles. The van der Waals surface area contributed by atoms with Gasteiger partial charge in [0.15, 0.2) is 5.96 Å². The lowest BCUT2D eigenvalue weighted by Crippen LogP contribution is -2.36. The van der Waals surface area contributed by atoms with Gasteiger partial charge in [0.25, 0.3) is 0 Å². The Labute approximate surface area is 198 Å². The summed E-state index contributed by atoms with van der Waals surface area (Å²) in [4.78, 5) is 4.30. The van der Waals surface area contributed by atoms with Gasteiger partial charge in [0.05, 0.1) is 6.54 Å². The van der Waals surface area contributed by atoms with Crippen molar-refractivity contribution in [2.75, 3.05) is 13.3 Å². The van der Waals surface area contributed by atoms with E-state index < -0.39 is 0 Å². The van der Waals surface area contributed by atoms with E-state index in [2.05, 4.69) is 45.0 Å². The van der Waals surface area contributed by atoms with Crippen molar-refractivity contribution in [1.29, 1.82) is 0 Å². The number of aromatic nitrogens is 2. The first-order chi connectivity index (χ1) is 14.2. The summed E-state index contributed by atoms with van der Waals surface area (Å²) in [6, 6.07) is 15.3. The van der Waals surface area contributed by atoms with Crippen LogP contribution in [0.3, 0.4) is 0 Å². The molecule has 0 atom stereocenters. The van der Waals surface area contributed by atoms with Crippen molar-refractivity contribution in [2.24, 2.45) is 4.99 Å². The van der Waals surface area contributed by atoms with Crippen molar-refractivity contribution in [3.63, 3.8) is 0 Å². The summed E-state index contributed by atoms with van der Waals surface area (Å²) in [6.07, 6.45) is 5.76. The molecule has 0 spiro atoms. The van der Waals surface area contributed by atoms with Gasteiger partial charge in [0.2, 0.25) is 0 Å². The van der Waals surface area contributed by atoms with Crippen LogP contribution in [0.2, 0.25) is 0 Å². The summed E-state index contributed by atoms with van der Waals surface area (Å²) < 4.78 is 15.4. The molecular weight excluding hydrogens is 512 g/mol. The summed E-state index contributed by atoms with van der Waals surface area (Å²) in [7, 11) is 1.75. The van der Waals surface area contributed by atoms with Crippen molar-refractivity contribution >= 4 is 41.7 Å². The van der Waals surface area contributed by atoms with Gasteiger partial charge in [-0.25, -0.2) is 4.39 Å². The molecule has 0 fully saturated rings. The number of thioether (sulfide) groups is 1. The van der Waals surface area contributed by atoms with Crippen molar-refractivity contribution in [1.82, 2.24) is 20.4 Å². The van der Waals surface area contributed by atoms with Crippen LogP contribution in [-0.4, -0.2) is 29.0 Å². The zero-order chi connectivity index (χ0) is 20.5. The van der Waals surface area contributed by atoms with Gasteiger partial charge in [-0.3, -0.25) is 9.67 Å². The minimum atomic E-state index is -0.199. The Kier molecular flexibility index (Phi) is 10.2. The number of rotatable bonds is 8. The molecule has 5 nitrogen and oxygen atoms in total. The van der Waals surface area contributed by atoms with Crippen LogP contribution >= 0.6 is 35.7 Å². The second-order valence-corrected chi connectivity index (χ2v) is 7.51. The van der Waals surface area contributed by atoms with Gasteiger partial charge in [0.1, 0.15) is 5.82 Å². The zero-order valence-electron chi connectivity index (χ0n) is 17.1. The van der Waals surface area contributed by atoms with Gasteiger partial charge in [-0.15, -0.1) is 24.0 Å². The maximum absolute atomic E-state index is 13.5. The topological polar surface area (TPSA) is 54.2 Å². The molecule has 0 aliphatic heterocycles. The van der Waals surface area contributed by atoms with E-state index in [9.17, 15) is 4.39 Å². The average molecular weight is 539 g/mol. The number of halogens is 2. The summed E-state index contributed by atoms with van der Waals surface area (Å²) in [5.74, 6) is 1.29. The minimum absolute atomic E-state index is 0. The number of aliphatic imine (C=N–C) groups is 1. The van der Waals surface area contributed by atoms with Crippen LogP contribution in [0.5, 0.6) is 0 Å². The molecule has 8 heteroatoms. The molecule has 2 N–H and O–H groups in total. The Balaban J connectivity index is 0.00000320. The number of nitrogens with zero attached hydrogens (tertiary/aromatic N) is 3. The van der Waals surface area contributed by atoms with Gasteiger partial charge in [-0.2, -0.15) is 16.9 Å². The van der Waals surface area contributed by atoms with E-state index in [4.69, 9.17) is 0 Å². The van der Waals surface area contributed by atoms with Crippen molar-refractivity contribution in [2.45, 2.75) is 25.4 Å². The lowest BCUT2D eigenvalue weighted by Gasteiger charge is -2.14. The first-order valence-electron chi connectivity index (χ1n) is 9.44. The van der Waals surface area contributed by atoms with Gasteiger partial charge >= 0.3 is 0 Å². The third-order valence-corrected chi connectivity index (χ3v) is 5.09. The second kappa shape index (κ2) is 12.6. The van der Waals surface area contributed by atoms with E-state index >= 15 is 0 Å². The Morgan fingerprint density at radius 1 is 1.07 bits per heavy atom. The first-order valence-corrected chi connectivity index (χ1v) is 10.8. The fraction of sp³-hybridized carbons (Fsp3) is 0.273. The number of guanidine groups is 1. The predicted molar refractivity (Wildman–Crippen MR) is 134 cm³/mol. The maximum Gasteiger partial charge on any atom is 0.191 e. The van der Waals surface area contributed by atoms with Gasteiger partial charge in [0, 0.05) is 38.3 Å². The van der Waals surface area contributed by atoms with E-state index in [1.54, 1.807) is 31.1 Å². The first kappa shape index (κ1) is 24.2. The maximum atomic E-state index is 13.5. The fourth-order valence-corrected chi connectivity index (χ4v) is 3.64. The molecule has 1 aromatic heterocycles. The highest BCUT2D eigenvalue weighted by atomic mass is 127. The van der Waals surface area contributed by atoms with E-state index in [-0.39, 0.29) is 29.8 Å². The number of nitrogens with one attached hydrogen (secondary N) is 2. The molecule has 0 radical (unpaired) electrons. The summed E-state index contributed by atoms with van der Waals surface area (Å²) in [5, 5.41) is 10.9. The molecule has 0 saturated heterocycles. The molecule has 1 heterocycles. The van der Waals surface area contributed by atoms with Crippen LogP contribution in [0, 0.1) is 5.82 Å². The number of hydrogen-bond donors (Lipinski definition) is 2. The van der Waals surface area contributed by atoms with Gasteiger partial charge in [-0.1, -0.05) is 30.3 Å². The molecule has 0 aliphatic rings. The van der Waals surface area contributed by atoms with Gasteiger partial charge in [-0.05, 0) is 46.7 Å². The predicted octanol–water partition coefficient (Wildman–Crippen LogP) is 4.42. The summed E-state index contributed by atoms with van der Waals surface area (Å²) in [6.45, 7) is 2.00. The third kappa shape index (κ3) is 7.32. The van der Waals surface area contributed by atoms with Crippen LogP contribution in [0.15, 0.2) is 65.9 Å². The normalized spacial score (nSPS) is 11.1. The Morgan fingerprint density at radius 2 is 1.87 bits per heavy atom. The highest BCUT2D eigenvalue weighted by molar-refractivity contribution is 14.0. The number of benzene rings is 2. The Hall–Kier alpha value is -2.07. The van der Waals surface area contributed by atoms with Crippen LogP contribution in [0.25, 0.3) is 0 Å². The lowest BCUT2D eigenvalue weighted by molar-refractivity contribution is 0.625. The molecule has 0 aliphatic carbocycles. The molecule has 0 bridgehead atoms. The molecule has 0 amide bonds. The SMILES string of the molecule is CN=C(NCc1cccc(Cn2cccn2)c1)NCc1ccc(F)cc1CSC.I. The van der Waals surface area contributed by atoms with Crippen molar-refractivity contribution in [3.05, 3.63) is 89.0 Å². The van der Waals surface area contributed by atoms with Crippen LogP contribution < -0.4 is 10.6 Å². The minimum Gasteiger partial charge on any atom is -0.352 e. The third-order valence-electron chi connectivity index (χ3n) is 4.49. The van der Waals surface area contributed by atoms with E-state index in [0.717, 1.165) is 23.4 Å². The van der Waals surface area contributed by atoms with E-state index in [1.807, 2.05) is 29.3 Å². The Bertz CT molecular complexity index is 946. The van der Waals surface area contributed by atoms with Crippen LogP contribution in [0.4, 0.5) is 4.39 Å². The standard InChI is InChI=1S/C22H26FN5S.HI/c1-24-22(26-14-19-7-8-21(23)12-20(19)16-29-2)25-13-17-5-3-6-18(11-17)15-28-10-4-9-27-28;/h3-12H,13-16H2,1-2H3,(H2,24,25,26);1H. The average Bonchev–Trinajstić information content (AvgIpc) is 3.23. The fourth-order valence-electron chi connectivity index (χ4n) is 3.06. The van der Waals surface area contributed by atoms with Gasteiger partial charge < -0.3 is 10.6 Å². The summed E-state index contributed by atoms with van der Waals surface area (Å²) >= 11 is 1.68. The van der Waals surface area contributed by atoms with E-state index in [0.29, 0.717) is 19.0 Å². The van der Waals surface area contributed by atoms with Crippen molar-refractivity contribution in [3.8, 4) is 0 Å². The highest BCUT2D eigenvalue weighted by Gasteiger charge is 2.06. The second-order valence-electron chi connectivity index (χ2n) is 6.65. The summed E-state index contributed by atoms with van der Waals surface area (Å²) in [5.41, 5.74) is 4.45. The molecule has 160 valence electrons. The number of hydrogen-bond acceptors (Lipinski definition) is 3. The van der Waals surface area contributed by atoms with Crippen molar-refractivity contribution < 1.29 is 4.39 Å². The lowest BCUT2D eigenvalue weighted by atomic mass is 10.1. The van der Waals surface area contributed by atoms with E-state index in [1.165, 1.54) is 17.2 Å². The zero-order valence-corrected chi connectivity index (χ0v) is 20.3. The van der Waals surface area contributed by atoms with Crippen LogP contribution in [-0.2, 0) is 25.4 Å². The molecule has 0 saturated carbocycles. The highest BCUT2D eigenvalue weighted by Crippen LogP contribution is 2.16. The molecule has 3 aromatic rings. The quantitative estimate of drug-likeness (QED) is 0.253. The molecule has 3 rings (SSSR count). The molecular formula is C22H27FIN5S. The Morgan fingerprint density at radius 3 is 2.60 bits per heavy atom. The molecule has 30 heavy (non-hydrogen) atoms. The molecule has 0 unspecified atom stereocenters.